The lowest BCUT2D eigenvalue weighted by molar-refractivity contribution is 0.0361. The quantitative estimate of drug-likeness (QED) is 0.301. The number of thioether (sulfide) groups is 1. The van der Waals surface area contributed by atoms with Crippen molar-refractivity contribution in [1.29, 1.82) is 0 Å². The monoisotopic (exact) mass is 479 g/mol. The topological polar surface area (TPSA) is 76.0 Å². The lowest BCUT2D eigenvalue weighted by Crippen LogP contribution is -2.38. The molecule has 176 valence electrons. The van der Waals surface area contributed by atoms with Crippen molar-refractivity contribution in [3.8, 4) is 11.4 Å². The SMILES string of the molecule is C[C@@H](Sc1nnc(-c2ccc(F)cc2)n1CCN1CCOCC1)C(=O)c1c[nH]c2ccccc12. The number of nitrogens with zero attached hydrogens (tertiary/aromatic N) is 4. The first kappa shape index (κ1) is 22.8. The van der Waals surface area contributed by atoms with E-state index < -0.39 is 0 Å². The Kier molecular flexibility index (Phi) is 6.75. The Balaban J connectivity index is 1.40. The molecule has 0 aliphatic carbocycles. The number of ketones is 1. The normalized spacial score (nSPS) is 15.6. The molecule has 1 aliphatic rings. The van der Waals surface area contributed by atoms with E-state index in [0.717, 1.165) is 49.3 Å². The van der Waals surface area contributed by atoms with Crippen LogP contribution in [0.15, 0.2) is 59.9 Å². The van der Waals surface area contributed by atoms with Crippen LogP contribution in [0.2, 0.25) is 0 Å². The standard InChI is InChI=1S/C25H26FN5O2S/c1-17(23(32)21-16-27-22-5-3-2-4-20(21)22)34-25-29-28-24(18-6-8-19(26)9-7-18)31(25)11-10-30-12-14-33-15-13-30/h2-9,16-17,27H,10-15H2,1H3/t17-/m1/s1. The van der Waals surface area contributed by atoms with Crippen LogP contribution in [-0.2, 0) is 11.3 Å². The number of hydrogen-bond donors (Lipinski definition) is 1. The molecule has 2 aromatic heterocycles. The van der Waals surface area contributed by atoms with Gasteiger partial charge in [-0.2, -0.15) is 0 Å². The van der Waals surface area contributed by atoms with Gasteiger partial charge in [-0.15, -0.1) is 10.2 Å². The maximum absolute atomic E-state index is 13.5. The van der Waals surface area contributed by atoms with Gasteiger partial charge in [0, 0.05) is 54.4 Å². The smallest absolute Gasteiger partial charge is 0.192 e. The van der Waals surface area contributed by atoms with Gasteiger partial charge in [0.2, 0.25) is 0 Å². The fourth-order valence-electron chi connectivity index (χ4n) is 4.16. The number of nitrogens with one attached hydrogen (secondary N) is 1. The van der Waals surface area contributed by atoms with Crippen LogP contribution in [0, 0.1) is 5.82 Å². The Morgan fingerprint density at radius 1 is 1.12 bits per heavy atom. The Hall–Kier alpha value is -3.01. The van der Waals surface area contributed by atoms with Crippen molar-refractivity contribution in [3.63, 3.8) is 0 Å². The lowest BCUT2D eigenvalue weighted by atomic mass is 10.1. The lowest BCUT2D eigenvalue weighted by Gasteiger charge is -2.27. The van der Waals surface area contributed by atoms with Gasteiger partial charge in [0.05, 0.1) is 18.5 Å². The second-order valence-electron chi connectivity index (χ2n) is 8.29. The summed E-state index contributed by atoms with van der Waals surface area (Å²) < 4.78 is 21.0. The maximum atomic E-state index is 13.5. The van der Waals surface area contributed by atoms with Gasteiger partial charge in [-0.05, 0) is 37.3 Å². The number of H-pyrrole nitrogens is 1. The molecule has 0 amide bonds. The van der Waals surface area contributed by atoms with Crippen LogP contribution in [0.4, 0.5) is 4.39 Å². The highest BCUT2D eigenvalue weighted by Crippen LogP contribution is 2.30. The molecule has 1 fully saturated rings. The van der Waals surface area contributed by atoms with Gasteiger partial charge in [-0.3, -0.25) is 9.69 Å². The minimum atomic E-state index is -0.355. The van der Waals surface area contributed by atoms with Gasteiger partial charge in [0.15, 0.2) is 16.8 Å². The van der Waals surface area contributed by atoms with E-state index in [9.17, 15) is 9.18 Å². The molecule has 9 heteroatoms. The minimum absolute atomic E-state index is 0.0357. The highest BCUT2D eigenvalue weighted by molar-refractivity contribution is 8.00. The molecule has 1 N–H and O–H groups in total. The van der Waals surface area contributed by atoms with Crippen molar-refractivity contribution >= 4 is 28.4 Å². The number of hydrogen-bond acceptors (Lipinski definition) is 6. The van der Waals surface area contributed by atoms with E-state index in [1.807, 2.05) is 35.8 Å². The summed E-state index contributed by atoms with van der Waals surface area (Å²) in [7, 11) is 0. The van der Waals surface area contributed by atoms with Crippen LogP contribution < -0.4 is 0 Å². The molecule has 1 aliphatic heterocycles. The summed E-state index contributed by atoms with van der Waals surface area (Å²) >= 11 is 1.40. The van der Waals surface area contributed by atoms with Gasteiger partial charge in [0.25, 0.3) is 0 Å². The number of carbonyl (C=O) groups excluding carboxylic acids is 1. The number of aromatic nitrogens is 4. The zero-order chi connectivity index (χ0) is 23.5. The van der Waals surface area contributed by atoms with E-state index in [1.165, 1.54) is 23.9 Å². The molecule has 1 saturated heterocycles. The van der Waals surface area contributed by atoms with Gasteiger partial charge < -0.3 is 14.3 Å². The Bertz CT molecular complexity index is 1280. The van der Waals surface area contributed by atoms with Gasteiger partial charge >= 0.3 is 0 Å². The zero-order valence-electron chi connectivity index (χ0n) is 18.9. The number of Topliss-reactive ketones (excluding diaryl/α,β-unsaturated/α-hetero) is 1. The first-order chi connectivity index (χ1) is 16.6. The zero-order valence-corrected chi connectivity index (χ0v) is 19.7. The van der Waals surface area contributed by atoms with E-state index in [-0.39, 0.29) is 16.9 Å². The number of rotatable bonds is 8. The second-order valence-corrected chi connectivity index (χ2v) is 9.60. The summed E-state index contributed by atoms with van der Waals surface area (Å²) in [5.41, 5.74) is 2.40. The number of halogens is 1. The fourth-order valence-corrected chi connectivity index (χ4v) is 5.11. The van der Waals surface area contributed by atoms with Crippen LogP contribution in [0.1, 0.15) is 17.3 Å². The number of morpholine rings is 1. The van der Waals surface area contributed by atoms with E-state index in [4.69, 9.17) is 4.74 Å². The van der Waals surface area contributed by atoms with E-state index >= 15 is 0 Å². The third kappa shape index (κ3) is 4.77. The molecular formula is C25H26FN5O2S. The molecule has 0 unspecified atom stereocenters. The molecule has 0 radical (unpaired) electrons. The molecule has 7 nitrogen and oxygen atoms in total. The van der Waals surface area contributed by atoms with Crippen LogP contribution in [-0.4, -0.2) is 68.5 Å². The van der Waals surface area contributed by atoms with Crippen LogP contribution >= 0.6 is 11.8 Å². The maximum Gasteiger partial charge on any atom is 0.192 e. The molecule has 2 aromatic carbocycles. The van der Waals surface area contributed by atoms with Crippen molar-refractivity contribution in [2.75, 3.05) is 32.8 Å². The number of para-hydroxylation sites is 1. The number of ether oxygens (including phenoxy) is 1. The minimum Gasteiger partial charge on any atom is -0.379 e. The Morgan fingerprint density at radius 2 is 1.88 bits per heavy atom. The highest BCUT2D eigenvalue weighted by Gasteiger charge is 2.24. The molecule has 1 atom stereocenters. The van der Waals surface area contributed by atoms with Gasteiger partial charge in [-0.25, -0.2) is 4.39 Å². The number of fused-ring (bicyclic) bond motifs is 1. The number of benzene rings is 2. The number of carbonyl (C=O) groups is 1. The molecule has 3 heterocycles. The summed E-state index contributed by atoms with van der Waals surface area (Å²) in [6.45, 7) is 6.59. The van der Waals surface area contributed by atoms with Crippen molar-refractivity contribution in [3.05, 3.63) is 66.1 Å². The molecule has 34 heavy (non-hydrogen) atoms. The summed E-state index contributed by atoms with van der Waals surface area (Å²) in [6.07, 6.45) is 1.77. The Labute approximate surface area is 201 Å². The Morgan fingerprint density at radius 3 is 2.68 bits per heavy atom. The fraction of sp³-hybridized carbons (Fsp3) is 0.320. The van der Waals surface area contributed by atoms with Crippen molar-refractivity contribution in [2.45, 2.75) is 23.9 Å². The largest absolute Gasteiger partial charge is 0.379 e. The molecule has 4 aromatic rings. The van der Waals surface area contributed by atoms with Crippen LogP contribution in [0.5, 0.6) is 0 Å². The third-order valence-corrected chi connectivity index (χ3v) is 7.15. The molecule has 5 rings (SSSR count). The second kappa shape index (κ2) is 10.1. The number of aromatic amines is 1. The van der Waals surface area contributed by atoms with Gasteiger partial charge in [0.1, 0.15) is 5.82 Å². The molecule has 0 spiro atoms. The molecular weight excluding hydrogens is 453 g/mol. The summed E-state index contributed by atoms with van der Waals surface area (Å²) in [5.74, 6) is 0.409. The third-order valence-electron chi connectivity index (χ3n) is 6.07. The van der Waals surface area contributed by atoms with E-state index in [0.29, 0.717) is 23.1 Å². The molecule has 0 saturated carbocycles. The van der Waals surface area contributed by atoms with Crippen LogP contribution in [0.25, 0.3) is 22.3 Å². The van der Waals surface area contributed by atoms with E-state index in [2.05, 4.69) is 20.1 Å². The molecule has 0 bridgehead atoms. The van der Waals surface area contributed by atoms with E-state index in [1.54, 1.807) is 18.3 Å². The summed E-state index contributed by atoms with van der Waals surface area (Å²) in [6, 6.07) is 14.0. The predicted octanol–water partition coefficient (Wildman–Crippen LogP) is 4.26. The first-order valence-electron chi connectivity index (χ1n) is 11.4. The average molecular weight is 480 g/mol. The van der Waals surface area contributed by atoms with Crippen molar-refractivity contribution in [1.82, 2.24) is 24.6 Å². The first-order valence-corrected chi connectivity index (χ1v) is 12.2. The van der Waals surface area contributed by atoms with Gasteiger partial charge in [-0.1, -0.05) is 30.0 Å². The average Bonchev–Trinajstić information content (AvgIpc) is 3.47. The van der Waals surface area contributed by atoms with Crippen molar-refractivity contribution in [2.24, 2.45) is 0 Å². The predicted molar refractivity (Wildman–Crippen MR) is 131 cm³/mol. The summed E-state index contributed by atoms with van der Waals surface area (Å²) in [4.78, 5) is 18.8. The highest BCUT2D eigenvalue weighted by atomic mass is 32.2. The summed E-state index contributed by atoms with van der Waals surface area (Å²) in [5, 5.41) is 10.1. The van der Waals surface area contributed by atoms with Crippen molar-refractivity contribution < 1.29 is 13.9 Å². The van der Waals surface area contributed by atoms with Crippen LogP contribution in [0.3, 0.4) is 0 Å².